The van der Waals surface area contributed by atoms with E-state index in [9.17, 15) is 4.79 Å². The highest BCUT2D eigenvalue weighted by Gasteiger charge is 2.31. The Bertz CT molecular complexity index is 759. The molecule has 1 amide bonds. The van der Waals surface area contributed by atoms with Crippen molar-refractivity contribution in [3.63, 3.8) is 0 Å². The summed E-state index contributed by atoms with van der Waals surface area (Å²) in [7, 11) is 0. The standard InChI is InChI=1S/C16H18Cl2N4OS/c1-9(2)22-15(10-6-7-10)20-21-16(22)24-8-13(23)19-12-5-3-4-11(17)14(12)18/h3-5,9-10H,6-8H2,1-2H3,(H,19,23). The minimum absolute atomic E-state index is 0.157. The third-order valence-electron chi connectivity index (χ3n) is 3.71. The van der Waals surface area contributed by atoms with Crippen LogP contribution in [-0.4, -0.2) is 26.4 Å². The van der Waals surface area contributed by atoms with E-state index in [0.717, 1.165) is 11.0 Å². The molecule has 1 aliphatic carbocycles. The normalized spacial score (nSPS) is 14.2. The van der Waals surface area contributed by atoms with Crippen LogP contribution in [0.15, 0.2) is 23.4 Å². The van der Waals surface area contributed by atoms with Gasteiger partial charge >= 0.3 is 0 Å². The van der Waals surface area contributed by atoms with Crippen LogP contribution in [0.25, 0.3) is 0 Å². The summed E-state index contributed by atoms with van der Waals surface area (Å²) in [5, 5.41) is 12.9. The van der Waals surface area contributed by atoms with Gasteiger partial charge in [-0.3, -0.25) is 4.79 Å². The molecule has 0 atom stereocenters. The zero-order valence-corrected chi connectivity index (χ0v) is 15.8. The van der Waals surface area contributed by atoms with Gasteiger partial charge in [-0.05, 0) is 38.8 Å². The lowest BCUT2D eigenvalue weighted by molar-refractivity contribution is -0.113. The Kier molecular flexibility index (Phi) is 5.37. The first kappa shape index (κ1) is 17.6. The maximum Gasteiger partial charge on any atom is 0.234 e. The van der Waals surface area contributed by atoms with Gasteiger partial charge in [0.1, 0.15) is 5.82 Å². The largest absolute Gasteiger partial charge is 0.324 e. The Balaban J connectivity index is 1.65. The second-order valence-electron chi connectivity index (χ2n) is 6.02. The number of hydrogen-bond donors (Lipinski definition) is 1. The van der Waals surface area contributed by atoms with Crippen LogP contribution in [0.2, 0.25) is 10.0 Å². The lowest BCUT2D eigenvalue weighted by atomic mass is 10.3. The number of hydrogen-bond acceptors (Lipinski definition) is 4. The monoisotopic (exact) mass is 384 g/mol. The molecular formula is C16H18Cl2N4OS. The summed E-state index contributed by atoms with van der Waals surface area (Å²) in [4.78, 5) is 12.2. The molecule has 1 fully saturated rings. The molecule has 1 N–H and O–H groups in total. The van der Waals surface area contributed by atoms with Gasteiger partial charge in [-0.25, -0.2) is 0 Å². The first-order valence-corrected chi connectivity index (χ1v) is 9.53. The Morgan fingerprint density at radius 1 is 1.38 bits per heavy atom. The van der Waals surface area contributed by atoms with Gasteiger partial charge in [0.15, 0.2) is 5.16 Å². The van der Waals surface area contributed by atoms with Crippen LogP contribution in [0.5, 0.6) is 0 Å². The van der Waals surface area contributed by atoms with E-state index >= 15 is 0 Å². The minimum Gasteiger partial charge on any atom is -0.324 e. The maximum atomic E-state index is 12.2. The summed E-state index contributed by atoms with van der Waals surface area (Å²) in [5.74, 6) is 1.63. The SMILES string of the molecule is CC(C)n1c(SCC(=O)Nc2cccc(Cl)c2Cl)nnc1C1CC1. The maximum absolute atomic E-state index is 12.2. The van der Waals surface area contributed by atoms with Crippen molar-refractivity contribution in [1.29, 1.82) is 0 Å². The van der Waals surface area contributed by atoms with Gasteiger partial charge in [-0.1, -0.05) is 41.0 Å². The molecule has 3 rings (SSSR count). The minimum atomic E-state index is -0.157. The van der Waals surface area contributed by atoms with Gasteiger partial charge < -0.3 is 9.88 Å². The number of nitrogens with one attached hydrogen (secondary N) is 1. The molecule has 128 valence electrons. The quantitative estimate of drug-likeness (QED) is 0.728. The van der Waals surface area contributed by atoms with E-state index in [4.69, 9.17) is 23.2 Å². The molecule has 5 nitrogen and oxygen atoms in total. The van der Waals surface area contributed by atoms with Crippen LogP contribution >= 0.6 is 35.0 Å². The molecule has 1 saturated carbocycles. The topological polar surface area (TPSA) is 59.8 Å². The predicted molar refractivity (Wildman–Crippen MR) is 98.2 cm³/mol. The highest BCUT2D eigenvalue weighted by molar-refractivity contribution is 7.99. The van der Waals surface area contributed by atoms with Crippen molar-refractivity contribution in [3.05, 3.63) is 34.1 Å². The molecule has 2 aromatic rings. The van der Waals surface area contributed by atoms with Crippen molar-refractivity contribution < 1.29 is 4.79 Å². The number of aromatic nitrogens is 3. The zero-order chi connectivity index (χ0) is 17.3. The van der Waals surface area contributed by atoms with Crippen LogP contribution in [0, 0.1) is 0 Å². The van der Waals surface area contributed by atoms with E-state index in [-0.39, 0.29) is 17.7 Å². The van der Waals surface area contributed by atoms with Crippen LogP contribution in [0.3, 0.4) is 0 Å². The van der Waals surface area contributed by atoms with Crippen LogP contribution < -0.4 is 5.32 Å². The fourth-order valence-electron chi connectivity index (χ4n) is 2.41. The highest BCUT2D eigenvalue weighted by atomic mass is 35.5. The number of thioether (sulfide) groups is 1. The van der Waals surface area contributed by atoms with E-state index < -0.39 is 0 Å². The molecule has 0 saturated heterocycles. The number of nitrogens with zero attached hydrogens (tertiary/aromatic N) is 3. The van der Waals surface area contributed by atoms with Crippen molar-refractivity contribution in [2.45, 2.75) is 43.8 Å². The molecule has 0 aliphatic heterocycles. The van der Waals surface area contributed by atoms with Crippen molar-refractivity contribution in [2.24, 2.45) is 0 Å². The summed E-state index contributed by atoms with van der Waals surface area (Å²) in [6.45, 7) is 4.20. The summed E-state index contributed by atoms with van der Waals surface area (Å²) in [6, 6.07) is 5.41. The molecule has 1 heterocycles. The smallest absolute Gasteiger partial charge is 0.234 e. The predicted octanol–water partition coefficient (Wildman–Crippen LogP) is 4.77. The second-order valence-corrected chi connectivity index (χ2v) is 7.74. The van der Waals surface area contributed by atoms with E-state index in [2.05, 4.69) is 33.9 Å². The van der Waals surface area contributed by atoms with Gasteiger partial charge in [0.25, 0.3) is 0 Å². The van der Waals surface area contributed by atoms with Gasteiger partial charge in [0, 0.05) is 12.0 Å². The van der Waals surface area contributed by atoms with Crippen molar-refractivity contribution >= 4 is 46.6 Å². The second kappa shape index (κ2) is 7.33. The van der Waals surface area contributed by atoms with Crippen molar-refractivity contribution in [2.75, 3.05) is 11.1 Å². The molecule has 1 aromatic heterocycles. The summed E-state index contributed by atoms with van der Waals surface area (Å²) >= 11 is 13.4. The van der Waals surface area contributed by atoms with Crippen LogP contribution in [0.1, 0.15) is 44.5 Å². The van der Waals surface area contributed by atoms with Crippen LogP contribution in [-0.2, 0) is 4.79 Å². The molecule has 1 aliphatic rings. The fourth-order valence-corrected chi connectivity index (χ4v) is 3.63. The third-order valence-corrected chi connectivity index (χ3v) is 5.47. The number of rotatable bonds is 6. The molecule has 0 spiro atoms. The molecule has 0 unspecified atom stereocenters. The first-order valence-electron chi connectivity index (χ1n) is 7.78. The number of carbonyl (C=O) groups is 1. The number of amides is 1. The Labute approximate surface area is 155 Å². The summed E-state index contributed by atoms with van der Waals surface area (Å²) in [5.41, 5.74) is 0.513. The van der Waals surface area contributed by atoms with Gasteiger partial charge in [0.2, 0.25) is 5.91 Å². The Hall–Kier alpha value is -1.24. The molecule has 24 heavy (non-hydrogen) atoms. The molecular weight excluding hydrogens is 367 g/mol. The third kappa shape index (κ3) is 3.87. The van der Waals surface area contributed by atoms with Gasteiger partial charge in [-0.15, -0.1) is 10.2 Å². The van der Waals surface area contributed by atoms with Gasteiger partial charge in [0.05, 0.1) is 21.5 Å². The van der Waals surface area contributed by atoms with Crippen molar-refractivity contribution in [1.82, 2.24) is 14.8 Å². The van der Waals surface area contributed by atoms with Gasteiger partial charge in [-0.2, -0.15) is 0 Å². The average molecular weight is 385 g/mol. The molecule has 0 radical (unpaired) electrons. The summed E-state index contributed by atoms with van der Waals surface area (Å²) < 4.78 is 2.13. The van der Waals surface area contributed by atoms with Crippen LogP contribution in [0.4, 0.5) is 5.69 Å². The summed E-state index contributed by atoms with van der Waals surface area (Å²) in [6.07, 6.45) is 2.34. The van der Waals surface area contributed by atoms with E-state index in [0.29, 0.717) is 21.7 Å². The molecule has 0 bridgehead atoms. The van der Waals surface area contributed by atoms with Crippen molar-refractivity contribution in [3.8, 4) is 0 Å². The Morgan fingerprint density at radius 2 is 2.12 bits per heavy atom. The lowest BCUT2D eigenvalue weighted by Crippen LogP contribution is -2.15. The fraction of sp³-hybridized carbons (Fsp3) is 0.438. The lowest BCUT2D eigenvalue weighted by Gasteiger charge is -2.13. The number of carbonyl (C=O) groups excluding carboxylic acids is 1. The molecule has 8 heteroatoms. The van der Waals surface area contributed by atoms with E-state index in [1.807, 2.05) is 0 Å². The van der Waals surface area contributed by atoms with E-state index in [1.54, 1.807) is 18.2 Å². The number of benzene rings is 1. The number of anilines is 1. The number of halogens is 2. The zero-order valence-electron chi connectivity index (χ0n) is 13.4. The highest BCUT2D eigenvalue weighted by Crippen LogP contribution is 2.41. The Morgan fingerprint density at radius 3 is 2.79 bits per heavy atom. The van der Waals surface area contributed by atoms with E-state index in [1.165, 1.54) is 24.6 Å². The molecule has 1 aromatic carbocycles. The average Bonchev–Trinajstić information content (AvgIpc) is 3.29. The first-order chi connectivity index (χ1) is 11.5.